The number of rotatable bonds is 4. The number of halogens is 3. The summed E-state index contributed by atoms with van der Waals surface area (Å²) in [7, 11) is -3.81. The number of hydrogen-bond donors (Lipinski definition) is 1. The molecule has 0 atom stereocenters. The maximum atomic E-state index is 12.5. The first kappa shape index (κ1) is 19.1. The second-order valence-electron chi connectivity index (χ2n) is 5.34. The van der Waals surface area contributed by atoms with Crippen molar-refractivity contribution in [3.8, 4) is 0 Å². The predicted octanol–water partition coefficient (Wildman–Crippen LogP) is 4.88. The molecule has 0 saturated carbocycles. The molecule has 8 heteroatoms. The average molecular weight is 406 g/mol. The molecule has 0 spiro atoms. The Morgan fingerprint density at radius 3 is 2.12 bits per heavy atom. The van der Waals surface area contributed by atoms with Crippen molar-refractivity contribution < 1.29 is 8.42 Å². The summed E-state index contributed by atoms with van der Waals surface area (Å²) >= 11 is 18.0. The summed E-state index contributed by atoms with van der Waals surface area (Å²) in [5.74, 6) is 0. The Hall–Kier alpha value is -1.27. The van der Waals surface area contributed by atoms with E-state index >= 15 is 0 Å². The molecule has 0 aliphatic rings. The molecule has 0 aliphatic carbocycles. The minimum absolute atomic E-state index is 0.202. The molecule has 24 heavy (non-hydrogen) atoms. The Balaban J connectivity index is 2.34. The zero-order chi connectivity index (χ0) is 18.1. The van der Waals surface area contributed by atoms with Gasteiger partial charge in [-0.05, 0) is 44.0 Å². The Morgan fingerprint density at radius 1 is 1.00 bits per heavy atom. The van der Waals surface area contributed by atoms with Crippen molar-refractivity contribution in [3.63, 3.8) is 0 Å². The third-order valence-corrected chi connectivity index (χ3v) is 6.00. The molecule has 0 amide bonds. The molecule has 2 aromatic rings. The van der Waals surface area contributed by atoms with Crippen LogP contribution in [0.25, 0.3) is 0 Å². The van der Waals surface area contributed by atoms with Crippen molar-refractivity contribution in [1.29, 1.82) is 0 Å². The lowest BCUT2D eigenvalue weighted by molar-refractivity contribution is 0.583. The van der Waals surface area contributed by atoms with Crippen molar-refractivity contribution in [3.05, 3.63) is 61.6 Å². The van der Waals surface area contributed by atoms with Crippen LogP contribution < -0.4 is 4.83 Å². The SMILES string of the molecule is Cc1cc(C)c(S(=O)(=O)N/N=C/c2c(Cl)ccc(Cl)c2Cl)c(C)c1. The van der Waals surface area contributed by atoms with Gasteiger partial charge < -0.3 is 0 Å². The average Bonchev–Trinajstić information content (AvgIpc) is 2.45. The summed E-state index contributed by atoms with van der Waals surface area (Å²) < 4.78 is 25.0. The predicted molar refractivity (Wildman–Crippen MR) is 100 cm³/mol. The van der Waals surface area contributed by atoms with E-state index in [0.29, 0.717) is 26.7 Å². The monoisotopic (exact) mass is 404 g/mol. The highest BCUT2D eigenvalue weighted by atomic mass is 35.5. The number of sulfonamides is 1. The highest BCUT2D eigenvalue weighted by Gasteiger charge is 2.19. The Morgan fingerprint density at radius 2 is 1.54 bits per heavy atom. The van der Waals surface area contributed by atoms with Gasteiger partial charge in [0.25, 0.3) is 10.0 Å². The summed E-state index contributed by atoms with van der Waals surface area (Å²) in [6, 6.07) is 6.71. The van der Waals surface area contributed by atoms with Gasteiger partial charge in [0.2, 0.25) is 0 Å². The van der Waals surface area contributed by atoms with Crippen LogP contribution in [0.1, 0.15) is 22.3 Å². The zero-order valence-electron chi connectivity index (χ0n) is 13.2. The van der Waals surface area contributed by atoms with E-state index in [9.17, 15) is 8.42 Å². The summed E-state index contributed by atoms with van der Waals surface area (Å²) in [4.78, 5) is 2.38. The van der Waals surface area contributed by atoms with Crippen molar-refractivity contribution >= 4 is 51.0 Å². The van der Waals surface area contributed by atoms with Crippen LogP contribution in [-0.2, 0) is 10.0 Å². The molecule has 0 saturated heterocycles. The molecule has 128 valence electrons. The van der Waals surface area contributed by atoms with E-state index in [2.05, 4.69) is 9.93 Å². The molecule has 4 nitrogen and oxygen atoms in total. The van der Waals surface area contributed by atoms with Crippen LogP contribution in [0, 0.1) is 20.8 Å². The third kappa shape index (κ3) is 4.03. The van der Waals surface area contributed by atoms with Crippen LogP contribution >= 0.6 is 34.8 Å². The van der Waals surface area contributed by atoms with Crippen LogP contribution in [0.15, 0.2) is 34.3 Å². The fourth-order valence-corrected chi connectivity index (χ4v) is 4.34. The molecular weight excluding hydrogens is 391 g/mol. The minimum Gasteiger partial charge on any atom is -0.200 e. The van der Waals surface area contributed by atoms with Crippen LogP contribution in [0.2, 0.25) is 15.1 Å². The molecule has 2 aromatic carbocycles. The number of hydrazone groups is 1. The minimum atomic E-state index is -3.81. The van der Waals surface area contributed by atoms with Gasteiger partial charge in [-0.15, -0.1) is 0 Å². The number of aryl methyl sites for hydroxylation is 3. The summed E-state index contributed by atoms with van der Waals surface area (Å²) in [5, 5.41) is 4.59. The van der Waals surface area contributed by atoms with Crippen LogP contribution in [0.4, 0.5) is 0 Å². The molecule has 2 rings (SSSR count). The fraction of sp³-hybridized carbons (Fsp3) is 0.188. The van der Waals surface area contributed by atoms with Crippen molar-refractivity contribution in [2.24, 2.45) is 5.10 Å². The quantitative estimate of drug-likeness (QED) is 0.447. The maximum absolute atomic E-state index is 12.5. The lowest BCUT2D eigenvalue weighted by Gasteiger charge is -2.11. The highest BCUT2D eigenvalue weighted by Crippen LogP contribution is 2.30. The third-order valence-electron chi connectivity index (χ3n) is 3.32. The van der Waals surface area contributed by atoms with E-state index in [0.717, 1.165) is 5.56 Å². The van der Waals surface area contributed by atoms with E-state index in [1.807, 2.05) is 6.92 Å². The standard InChI is InChI=1S/C16H15Cl3N2O2S/c1-9-6-10(2)16(11(3)7-9)24(22,23)21-20-8-12-13(17)4-5-14(18)15(12)19/h4-8,21H,1-3H3/b20-8+. The molecule has 0 unspecified atom stereocenters. The van der Waals surface area contributed by atoms with Crippen molar-refractivity contribution in [2.75, 3.05) is 0 Å². The largest absolute Gasteiger partial charge is 0.277 e. The lowest BCUT2D eigenvalue weighted by Crippen LogP contribution is -2.20. The first-order valence-corrected chi connectivity index (χ1v) is 9.51. The Bertz CT molecular complexity index is 902. The summed E-state index contributed by atoms with van der Waals surface area (Å²) in [6.45, 7) is 5.39. The molecule has 1 N–H and O–H groups in total. The zero-order valence-corrected chi connectivity index (χ0v) is 16.3. The van der Waals surface area contributed by atoms with Gasteiger partial charge in [-0.1, -0.05) is 52.5 Å². The van der Waals surface area contributed by atoms with Crippen molar-refractivity contribution in [1.82, 2.24) is 4.83 Å². The summed E-state index contributed by atoms with van der Waals surface area (Å²) in [5.41, 5.74) is 2.62. The number of nitrogens with one attached hydrogen (secondary N) is 1. The Kier molecular flexibility index (Phi) is 5.81. The van der Waals surface area contributed by atoms with Gasteiger partial charge in [0.05, 0.1) is 26.2 Å². The molecular formula is C16H15Cl3N2O2S. The smallest absolute Gasteiger partial charge is 0.200 e. The first-order valence-electron chi connectivity index (χ1n) is 6.89. The summed E-state index contributed by atoms with van der Waals surface area (Å²) in [6.07, 6.45) is 1.23. The van der Waals surface area contributed by atoms with E-state index < -0.39 is 10.0 Å². The normalized spacial score (nSPS) is 11.9. The van der Waals surface area contributed by atoms with Gasteiger partial charge in [-0.3, -0.25) is 0 Å². The number of hydrogen-bond acceptors (Lipinski definition) is 3. The molecule has 0 fully saturated rings. The van der Waals surface area contributed by atoms with E-state index in [1.165, 1.54) is 6.21 Å². The van der Waals surface area contributed by atoms with E-state index in [1.54, 1.807) is 38.1 Å². The number of nitrogens with zero attached hydrogens (tertiary/aromatic N) is 1. The molecule has 0 aromatic heterocycles. The highest BCUT2D eigenvalue weighted by molar-refractivity contribution is 7.89. The molecule has 0 aliphatic heterocycles. The first-order chi connectivity index (χ1) is 11.1. The van der Waals surface area contributed by atoms with Crippen LogP contribution in [0.5, 0.6) is 0 Å². The van der Waals surface area contributed by atoms with Gasteiger partial charge in [0, 0.05) is 5.56 Å². The maximum Gasteiger partial charge on any atom is 0.277 e. The molecule has 0 bridgehead atoms. The van der Waals surface area contributed by atoms with Crippen molar-refractivity contribution in [2.45, 2.75) is 25.7 Å². The van der Waals surface area contributed by atoms with Gasteiger partial charge in [0.1, 0.15) is 0 Å². The van der Waals surface area contributed by atoms with Gasteiger partial charge in [-0.25, -0.2) is 4.83 Å². The van der Waals surface area contributed by atoms with Crippen LogP contribution in [0.3, 0.4) is 0 Å². The van der Waals surface area contributed by atoms with E-state index in [-0.39, 0.29) is 9.92 Å². The number of benzene rings is 2. The fourth-order valence-electron chi connectivity index (χ4n) is 2.46. The topological polar surface area (TPSA) is 58.5 Å². The van der Waals surface area contributed by atoms with Gasteiger partial charge >= 0.3 is 0 Å². The second-order valence-corrected chi connectivity index (χ2v) is 8.13. The lowest BCUT2D eigenvalue weighted by atomic mass is 10.1. The van der Waals surface area contributed by atoms with Gasteiger partial charge in [-0.2, -0.15) is 13.5 Å². The second kappa shape index (κ2) is 7.31. The molecule has 0 radical (unpaired) electrons. The van der Waals surface area contributed by atoms with Crippen LogP contribution in [-0.4, -0.2) is 14.6 Å². The van der Waals surface area contributed by atoms with E-state index in [4.69, 9.17) is 34.8 Å². The van der Waals surface area contributed by atoms with Gasteiger partial charge in [0.15, 0.2) is 0 Å². The molecule has 0 heterocycles. The Labute approximate surface area is 156 Å².